The molecule has 0 aliphatic carbocycles. The Morgan fingerprint density at radius 1 is 0.370 bits per heavy atom. The van der Waals surface area contributed by atoms with Gasteiger partial charge in [-0.05, 0) is 62.0 Å². The van der Waals surface area contributed by atoms with Gasteiger partial charge in [0, 0.05) is 40.8 Å². The summed E-state index contributed by atoms with van der Waals surface area (Å²) in [6, 6.07) is 0. The first-order chi connectivity index (χ1) is 20.4. The van der Waals surface area contributed by atoms with Gasteiger partial charge in [0.1, 0.15) is 23.0 Å². The molecule has 0 bridgehead atoms. The van der Waals surface area contributed by atoms with Crippen molar-refractivity contribution in [2.45, 2.75) is 61.4 Å². The topological polar surface area (TPSA) is 0 Å². The Kier molecular flexibility index (Phi) is 43.0. The summed E-state index contributed by atoms with van der Waals surface area (Å²) in [5, 5.41) is 0. The molecule has 0 aromatic carbocycles. The van der Waals surface area contributed by atoms with E-state index in [0.717, 1.165) is 46.2 Å². The van der Waals surface area contributed by atoms with Gasteiger partial charge >= 0.3 is 0 Å². The molecule has 0 saturated heterocycles. The third-order valence-electron chi connectivity index (χ3n) is 4.05. The van der Waals surface area contributed by atoms with Gasteiger partial charge < -0.3 is 192 Å². The molecule has 4 heterocycles. The van der Waals surface area contributed by atoms with Gasteiger partial charge in [-0.15, -0.1) is 82.5 Å². The molecule has 0 aliphatic heterocycles. The molecule has 0 atom stereocenters. The van der Waals surface area contributed by atoms with Gasteiger partial charge in [-0.3, -0.25) is 0 Å². The van der Waals surface area contributed by atoms with Crippen molar-refractivity contribution in [3.05, 3.63) is 12.6 Å². The Morgan fingerprint density at radius 3 is 0.500 bits per heavy atom. The average Bonchev–Trinajstić information content (AvgIpc) is 3.63. The minimum atomic E-state index is 0. The minimum Gasteiger partial charge on any atom is -0.429 e. The zero-order valence-corrected chi connectivity index (χ0v) is 45.5. The van der Waals surface area contributed by atoms with Crippen molar-refractivity contribution < 1.29 is 40.8 Å². The van der Waals surface area contributed by atoms with Crippen molar-refractivity contribution in [3.8, 4) is 0 Å². The smallest absolute Gasteiger partial charge is 0.105 e. The first-order valence-corrected chi connectivity index (χ1v) is 26.9. The van der Waals surface area contributed by atoms with E-state index in [2.05, 4.69) is 40.2 Å². The quantitative estimate of drug-likeness (QED) is 0.0827. The fourth-order valence-electron chi connectivity index (χ4n) is 1.43. The molecule has 4 aromatic heterocycles. The Bertz CT molecular complexity index is 1210. The van der Waals surface area contributed by atoms with Crippen LogP contribution in [-0.2, 0) is 164 Å². The molecular formula is C22H26Pd2S22-6. The predicted octanol–water partition coefficient (Wildman–Crippen LogP) is 11.9. The molecule has 0 radical (unpaired) electrons. The Labute approximate surface area is 405 Å². The van der Waals surface area contributed by atoms with Crippen LogP contribution >= 0.6 is 140 Å². The fraction of sp³-hybridized carbons (Fsp3) is 0.455. The maximum absolute atomic E-state index is 4.83. The van der Waals surface area contributed by atoms with E-state index in [1.54, 1.807) is 0 Å². The predicted molar refractivity (Wildman–Crippen MR) is 246 cm³/mol. The van der Waals surface area contributed by atoms with Crippen LogP contribution in [0.2, 0.25) is 0 Å². The van der Waals surface area contributed by atoms with Gasteiger partial charge in [0.05, 0.1) is 12.5 Å². The Hall–Kier alpha value is 4.86. The summed E-state index contributed by atoms with van der Waals surface area (Å²) < 4.78 is 9.41. The first-order valence-electron chi connectivity index (χ1n) is 11.5. The molecule has 272 valence electrons. The zero-order valence-electron chi connectivity index (χ0n) is 24.4. The van der Waals surface area contributed by atoms with Crippen molar-refractivity contribution in [3.63, 3.8) is 0 Å². The van der Waals surface area contributed by atoms with Gasteiger partial charge in [-0.1, -0.05) is 0 Å². The second-order valence-corrected chi connectivity index (χ2v) is 30.5. The second-order valence-electron chi connectivity index (χ2n) is 6.83. The van der Waals surface area contributed by atoms with Crippen LogP contribution in [0, 0.1) is 12.6 Å². The molecular weight excluding hydrogens is 1180 g/mol. The standard InChI is InChI=1S/2C5H13S.4C3H2S5.2Pd/c2*1-4-6(3)5-2;4*4-1-2(5)8-3(6)7-1;;/h2*4-5H2,1-3H3;4*4-5H;;/q2*+1;;;;;;/p-8. The van der Waals surface area contributed by atoms with E-state index in [4.69, 9.17) is 150 Å². The van der Waals surface area contributed by atoms with Crippen molar-refractivity contribution in [2.75, 3.05) is 35.5 Å². The van der Waals surface area contributed by atoms with Gasteiger partial charge in [0.2, 0.25) is 0 Å². The maximum atomic E-state index is 4.83. The van der Waals surface area contributed by atoms with Crippen LogP contribution in [0.4, 0.5) is 0 Å². The maximum Gasteiger partial charge on any atom is 0.105 e. The van der Waals surface area contributed by atoms with E-state index in [1.807, 2.05) is 0 Å². The van der Waals surface area contributed by atoms with E-state index in [-0.39, 0.29) is 40.8 Å². The normalized spacial score (nSPS) is 9.22. The summed E-state index contributed by atoms with van der Waals surface area (Å²) in [4.78, 5) is 0. The van der Waals surface area contributed by atoms with Gasteiger partial charge in [0.25, 0.3) is 0 Å². The third kappa shape index (κ3) is 30.2. The van der Waals surface area contributed by atoms with Crippen molar-refractivity contribution in [2.24, 2.45) is 0 Å². The van der Waals surface area contributed by atoms with Crippen LogP contribution in [0.15, 0.2) is 33.7 Å². The molecule has 0 spiro atoms. The molecule has 0 aliphatic rings. The van der Waals surface area contributed by atoms with E-state index < -0.39 is 0 Å². The monoisotopic (exact) mass is 1210 g/mol. The number of hydrogen-bond acceptors (Lipinski definition) is 20. The second kappa shape index (κ2) is 34.4. The molecule has 4 aromatic rings. The van der Waals surface area contributed by atoms with E-state index in [1.165, 1.54) is 114 Å². The number of rotatable bonds is 4. The van der Waals surface area contributed by atoms with Gasteiger partial charge in [-0.2, -0.15) is 0 Å². The molecule has 0 unspecified atom stereocenters. The summed E-state index contributed by atoms with van der Waals surface area (Å²) >= 11 is 69.3. The van der Waals surface area contributed by atoms with Crippen molar-refractivity contribution >= 4 is 262 Å². The van der Waals surface area contributed by atoms with Crippen molar-refractivity contribution in [1.82, 2.24) is 0 Å². The van der Waals surface area contributed by atoms with Crippen LogP contribution in [0.1, 0.15) is 27.7 Å². The molecule has 0 N–H and O–H groups in total. The molecule has 0 fully saturated rings. The van der Waals surface area contributed by atoms with Crippen LogP contribution in [0.25, 0.3) is 0 Å². The van der Waals surface area contributed by atoms with Crippen LogP contribution in [0.3, 0.4) is 0 Å². The summed E-state index contributed by atoms with van der Waals surface area (Å²) in [6.07, 6.45) is 4.61. The average molecular weight is 1210 g/mol. The molecule has 46 heavy (non-hydrogen) atoms. The minimum absolute atomic E-state index is 0. The zero-order chi connectivity index (χ0) is 34.6. The number of hydrogen-bond donors (Lipinski definition) is 0. The van der Waals surface area contributed by atoms with Crippen LogP contribution < -0.4 is 0 Å². The summed E-state index contributed by atoms with van der Waals surface area (Å²) in [7, 11) is 1.43. The Balaban J connectivity index is -0.000000229. The Morgan fingerprint density at radius 2 is 0.478 bits per heavy atom. The van der Waals surface area contributed by atoms with Gasteiger partial charge in [0.15, 0.2) is 0 Å². The van der Waals surface area contributed by atoms with Crippen molar-refractivity contribution in [1.29, 1.82) is 0 Å². The van der Waals surface area contributed by atoms with E-state index >= 15 is 0 Å². The molecule has 4 rings (SSSR count). The van der Waals surface area contributed by atoms with E-state index in [0.29, 0.717) is 21.8 Å². The summed E-state index contributed by atoms with van der Waals surface area (Å²) in [5.74, 6) is 5.43. The molecule has 0 amide bonds. The third-order valence-corrected chi connectivity index (χ3v) is 22.1. The van der Waals surface area contributed by atoms with Crippen LogP contribution in [-0.4, -0.2) is 35.5 Å². The fourth-order valence-corrected chi connectivity index (χ4v) is 15.3. The van der Waals surface area contributed by atoms with E-state index in [9.17, 15) is 0 Å². The van der Waals surface area contributed by atoms with Gasteiger partial charge in [-0.25, -0.2) is 0 Å². The molecule has 24 heteroatoms. The summed E-state index contributed by atoms with van der Waals surface area (Å²) in [5.41, 5.74) is 0. The summed E-state index contributed by atoms with van der Waals surface area (Å²) in [6.45, 7) is 8.97. The molecule has 0 saturated carbocycles. The SMILES string of the molecule is CC[S+](C)CC.CC[S+](C)CC.S=c1sc([S-])c([S-])s1.S=c1sc([S-])c([S-])s1.S=c1sc([S-])c([S-])s1.S=c1sc([S-])c([S-])s1.[Pd].[Pd]. The largest absolute Gasteiger partial charge is 0.429 e. The molecule has 0 nitrogen and oxygen atoms in total. The first kappa shape index (κ1) is 57.6. The van der Waals surface area contributed by atoms with Crippen LogP contribution in [0.5, 0.6) is 0 Å².